The Morgan fingerprint density at radius 3 is 2.85 bits per heavy atom. The van der Waals surface area contributed by atoms with Gasteiger partial charge in [0.2, 0.25) is 0 Å². The maximum Gasteiger partial charge on any atom is 0.292 e. The zero-order valence-corrected chi connectivity index (χ0v) is 12.0. The van der Waals surface area contributed by atoms with E-state index in [2.05, 4.69) is 4.98 Å². The molecular weight excluding hydrogens is 278 g/mol. The van der Waals surface area contributed by atoms with Crippen molar-refractivity contribution in [2.24, 2.45) is 0 Å². The number of hydrogen-bond donors (Lipinski definition) is 1. The van der Waals surface area contributed by atoms with Gasteiger partial charge in [0.15, 0.2) is 0 Å². The lowest BCUT2D eigenvalue weighted by atomic mass is 10.1. The first-order chi connectivity index (χ1) is 9.49. The van der Waals surface area contributed by atoms with E-state index in [9.17, 15) is 15.2 Å². The molecule has 1 N–H and O–H groups in total. The molecule has 20 heavy (non-hydrogen) atoms. The van der Waals surface area contributed by atoms with E-state index >= 15 is 0 Å². The predicted molar refractivity (Wildman–Crippen MR) is 78.0 cm³/mol. The lowest BCUT2D eigenvalue weighted by Crippen LogP contribution is -2.18. The minimum absolute atomic E-state index is 0.0128. The summed E-state index contributed by atoms with van der Waals surface area (Å²) in [6.07, 6.45) is -0.730. The van der Waals surface area contributed by atoms with Crippen molar-refractivity contribution in [3.05, 3.63) is 50.5 Å². The Morgan fingerprint density at radius 2 is 2.30 bits per heavy atom. The lowest BCUT2D eigenvalue weighted by molar-refractivity contribution is -0.384. The van der Waals surface area contributed by atoms with Crippen LogP contribution >= 0.6 is 11.3 Å². The van der Waals surface area contributed by atoms with Crippen LogP contribution in [0.25, 0.3) is 0 Å². The standard InChI is InChI=1S/C13H15N3O3S/c1-9(17)10-3-4-12(13(5-10)16(18)19)15(2)6-11-7-20-8-14-11/h3-5,7-9,17H,6H2,1-2H3/t9-/m0/s1. The first-order valence-electron chi connectivity index (χ1n) is 6.03. The average Bonchev–Trinajstić information content (AvgIpc) is 2.90. The summed E-state index contributed by atoms with van der Waals surface area (Å²) in [5, 5.41) is 22.6. The van der Waals surface area contributed by atoms with Gasteiger partial charge in [-0.05, 0) is 18.6 Å². The van der Waals surface area contributed by atoms with E-state index in [1.54, 1.807) is 36.5 Å². The molecule has 2 aromatic rings. The van der Waals surface area contributed by atoms with Crippen molar-refractivity contribution in [1.29, 1.82) is 0 Å². The van der Waals surface area contributed by atoms with Crippen LogP contribution in [-0.2, 0) is 6.54 Å². The maximum absolute atomic E-state index is 11.2. The number of aliphatic hydroxyl groups is 1. The van der Waals surface area contributed by atoms with E-state index < -0.39 is 11.0 Å². The first kappa shape index (κ1) is 14.4. The van der Waals surface area contributed by atoms with Crippen LogP contribution in [0.3, 0.4) is 0 Å². The minimum Gasteiger partial charge on any atom is -0.389 e. The number of rotatable bonds is 5. The summed E-state index contributed by atoms with van der Waals surface area (Å²) in [6, 6.07) is 4.77. The van der Waals surface area contributed by atoms with Gasteiger partial charge in [-0.3, -0.25) is 10.1 Å². The van der Waals surface area contributed by atoms with Crippen LogP contribution in [-0.4, -0.2) is 22.1 Å². The number of benzene rings is 1. The third kappa shape index (κ3) is 3.12. The molecule has 0 radical (unpaired) electrons. The van der Waals surface area contributed by atoms with Crippen LogP contribution in [0.5, 0.6) is 0 Å². The van der Waals surface area contributed by atoms with E-state index in [-0.39, 0.29) is 5.69 Å². The van der Waals surface area contributed by atoms with Gasteiger partial charge >= 0.3 is 0 Å². The largest absolute Gasteiger partial charge is 0.389 e. The summed E-state index contributed by atoms with van der Waals surface area (Å²) in [4.78, 5) is 16.7. The molecule has 0 aliphatic carbocycles. The highest BCUT2D eigenvalue weighted by Gasteiger charge is 2.19. The van der Waals surface area contributed by atoms with Crippen molar-refractivity contribution in [3.63, 3.8) is 0 Å². The SMILES string of the molecule is C[C@H](O)c1ccc(N(C)Cc2cscn2)c([N+](=O)[O-])c1. The molecule has 106 valence electrons. The van der Waals surface area contributed by atoms with Gasteiger partial charge < -0.3 is 10.0 Å². The zero-order valence-electron chi connectivity index (χ0n) is 11.2. The Bertz CT molecular complexity index is 599. The molecule has 0 saturated carbocycles. The topological polar surface area (TPSA) is 79.5 Å². The second-order valence-electron chi connectivity index (χ2n) is 4.52. The smallest absolute Gasteiger partial charge is 0.292 e. The molecule has 0 bridgehead atoms. The number of thiazole rings is 1. The number of hydrogen-bond acceptors (Lipinski definition) is 6. The van der Waals surface area contributed by atoms with E-state index in [1.807, 2.05) is 5.38 Å². The Hall–Kier alpha value is -1.99. The van der Waals surface area contributed by atoms with Crippen LogP contribution in [0.2, 0.25) is 0 Å². The van der Waals surface area contributed by atoms with Crippen molar-refractivity contribution in [3.8, 4) is 0 Å². The van der Waals surface area contributed by atoms with Crippen LogP contribution in [0, 0.1) is 10.1 Å². The van der Waals surface area contributed by atoms with E-state index in [1.165, 1.54) is 17.4 Å². The molecule has 0 amide bonds. The molecule has 0 aliphatic rings. The summed E-state index contributed by atoms with van der Waals surface area (Å²) in [5.41, 5.74) is 3.62. The molecule has 1 atom stereocenters. The molecule has 6 nitrogen and oxygen atoms in total. The molecular formula is C13H15N3O3S. The molecule has 0 aliphatic heterocycles. The number of nitro groups is 1. The number of nitrogens with zero attached hydrogens (tertiary/aromatic N) is 3. The van der Waals surface area contributed by atoms with E-state index in [4.69, 9.17) is 0 Å². The predicted octanol–water partition coefficient (Wildman–Crippen LogP) is 2.74. The molecule has 0 spiro atoms. The molecule has 2 rings (SSSR count). The zero-order chi connectivity index (χ0) is 14.7. The quantitative estimate of drug-likeness (QED) is 0.677. The monoisotopic (exact) mass is 293 g/mol. The summed E-state index contributed by atoms with van der Waals surface area (Å²) < 4.78 is 0. The minimum atomic E-state index is -0.730. The second kappa shape index (κ2) is 5.98. The fraction of sp³-hybridized carbons (Fsp3) is 0.308. The van der Waals surface area contributed by atoms with Gasteiger partial charge in [-0.1, -0.05) is 6.07 Å². The summed E-state index contributed by atoms with van der Waals surface area (Å²) in [7, 11) is 1.78. The number of nitro benzene ring substituents is 1. The van der Waals surface area contributed by atoms with Gasteiger partial charge in [0, 0.05) is 18.5 Å². The highest BCUT2D eigenvalue weighted by Crippen LogP contribution is 2.31. The summed E-state index contributed by atoms with van der Waals surface area (Å²) >= 11 is 1.49. The van der Waals surface area contributed by atoms with Crippen molar-refractivity contribution in [2.75, 3.05) is 11.9 Å². The Kier molecular flexibility index (Phi) is 4.31. The number of aromatic nitrogens is 1. The third-order valence-electron chi connectivity index (χ3n) is 2.97. The molecule has 1 aromatic carbocycles. The van der Waals surface area contributed by atoms with Gasteiger partial charge in [-0.25, -0.2) is 4.98 Å². The molecule has 0 unspecified atom stereocenters. The Morgan fingerprint density at radius 1 is 1.55 bits per heavy atom. The second-order valence-corrected chi connectivity index (χ2v) is 5.24. The van der Waals surface area contributed by atoms with Gasteiger partial charge in [-0.2, -0.15) is 0 Å². The van der Waals surface area contributed by atoms with Gasteiger partial charge in [-0.15, -0.1) is 11.3 Å². The first-order valence-corrected chi connectivity index (χ1v) is 6.98. The number of anilines is 1. The van der Waals surface area contributed by atoms with Gasteiger partial charge in [0.25, 0.3) is 5.69 Å². The van der Waals surface area contributed by atoms with Crippen molar-refractivity contribution in [2.45, 2.75) is 19.6 Å². The van der Waals surface area contributed by atoms with Crippen molar-refractivity contribution < 1.29 is 10.0 Å². The molecule has 1 heterocycles. The fourth-order valence-corrected chi connectivity index (χ4v) is 2.46. The van der Waals surface area contributed by atoms with E-state index in [0.29, 0.717) is 17.8 Å². The van der Waals surface area contributed by atoms with Gasteiger partial charge in [0.05, 0.1) is 28.8 Å². The van der Waals surface area contributed by atoms with Crippen LogP contribution < -0.4 is 4.90 Å². The summed E-state index contributed by atoms with van der Waals surface area (Å²) in [5.74, 6) is 0. The van der Waals surface area contributed by atoms with Crippen LogP contribution in [0.1, 0.15) is 24.3 Å². The van der Waals surface area contributed by atoms with Crippen molar-refractivity contribution >= 4 is 22.7 Å². The highest BCUT2D eigenvalue weighted by atomic mass is 32.1. The Balaban J connectivity index is 2.32. The highest BCUT2D eigenvalue weighted by molar-refractivity contribution is 7.07. The molecule has 7 heteroatoms. The Labute approximate surface area is 120 Å². The summed E-state index contributed by atoms with van der Waals surface area (Å²) in [6.45, 7) is 2.08. The van der Waals surface area contributed by atoms with Crippen LogP contribution in [0.4, 0.5) is 11.4 Å². The normalized spacial score (nSPS) is 12.2. The average molecular weight is 293 g/mol. The van der Waals surface area contributed by atoms with Gasteiger partial charge in [0.1, 0.15) is 5.69 Å². The maximum atomic E-state index is 11.2. The lowest BCUT2D eigenvalue weighted by Gasteiger charge is -2.18. The fourth-order valence-electron chi connectivity index (χ4n) is 1.91. The van der Waals surface area contributed by atoms with Crippen LogP contribution in [0.15, 0.2) is 29.1 Å². The van der Waals surface area contributed by atoms with Crippen molar-refractivity contribution in [1.82, 2.24) is 4.98 Å². The molecule has 1 aromatic heterocycles. The molecule has 0 fully saturated rings. The van der Waals surface area contributed by atoms with E-state index in [0.717, 1.165) is 5.69 Å². The number of aliphatic hydroxyl groups excluding tert-OH is 1. The third-order valence-corrected chi connectivity index (χ3v) is 3.61. The molecule has 0 saturated heterocycles.